The highest BCUT2D eigenvalue weighted by atomic mass is 127. The minimum Gasteiger partial charge on any atom is -0.490 e. The van der Waals surface area contributed by atoms with E-state index in [0.717, 1.165) is 23.8 Å². The second-order valence-electron chi connectivity index (χ2n) is 8.12. The molecular formula is C28H23F3IN3O4. The Hall–Kier alpha value is -4.05. The molecule has 0 aromatic heterocycles. The Morgan fingerprint density at radius 3 is 2.46 bits per heavy atom. The number of nitrogens with zero attached hydrogens (tertiary/aromatic N) is 1. The SMILES string of the molecule is CCOc1cc(/C=C(\C#N)C(=O)Nc2cccc(C(F)(F)F)c2)cc(I)c1OCC(=O)Nc1ccccc1C. The van der Waals surface area contributed by atoms with Crippen LogP contribution in [0.15, 0.2) is 66.2 Å². The fourth-order valence-corrected chi connectivity index (χ4v) is 4.18. The molecule has 202 valence electrons. The topological polar surface area (TPSA) is 100 Å². The van der Waals surface area contributed by atoms with Crippen molar-refractivity contribution in [1.29, 1.82) is 5.26 Å². The van der Waals surface area contributed by atoms with Crippen molar-refractivity contribution < 1.29 is 32.2 Å². The van der Waals surface area contributed by atoms with Crippen LogP contribution in [0.1, 0.15) is 23.6 Å². The van der Waals surface area contributed by atoms with Crippen molar-refractivity contribution in [2.24, 2.45) is 0 Å². The lowest BCUT2D eigenvalue weighted by molar-refractivity contribution is -0.137. The van der Waals surface area contributed by atoms with Gasteiger partial charge in [0, 0.05) is 11.4 Å². The molecule has 11 heteroatoms. The molecule has 3 aromatic rings. The Labute approximate surface area is 236 Å². The van der Waals surface area contributed by atoms with Gasteiger partial charge in [0.05, 0.1) is 15.7 Å². The number of benzene rings is 3. The van der Waals surface area contributed by atoms with Crippen LogP contribution in [-0.2, 0) is 15.8 Å². The standard InChI is InChI=1S/C28H23F3IN3O4/c1-3-38-24-13-18(11-19(15-33)27(37)34-21-9-6-8-20(14-21)28(29,30)31)12-22(32)26(24)39-16-25(36)35-23-10-5-4-7-17(23)2/h4-14H,3,16H2,1-2H3,(H,34,37)(H,35,36)/b19-11+. The highest BCUT2D eigenvalue weighted by molar-refractivity contribution is 14.1. The fraction of sp³-hybridized carbons (Fsp3) is 0.179. The van der Waals surface area contributed by atoms with Crippen LogP contribution in [0.4, 0.5) is 24.5 Å². The van der Waals surface area contributed by atoms with Crippen molar-refractivity contribution in [2.45, 2.75) is 20.0 Å². The summed E-state index contributed by atoms with van der Waals surface area (Å²) in [6.07, 6.45) is -3.30. The smallest absolute Gasteiger partial charge is 0.416 e. The number of hydrogen-bond donors (Lipinski definition) is 2. The molecule has 0 aliphatic heterocycles. The van der Waals surface area contributed by atoms with E-state index in [-0.39, 0.29) is 36.1 Å². The minimum atomic E-state index is -4.58. The molecule has 39 heavy (non-hydrogen) atoms. The molecule has 0 radical (unpaired) electrons. The van der Waals surface area contributed by atoms with Crippen LogP contribution >= 0.6 is 22.6 Å². The van der Waals surface area contributed by atoms with Crippen molar-refractivity contribution in [3.05, 3.63) is 86.5 Å². The van der Waals surface area contributed by atoms with E-state index in [1.807, 2.05) is 41.6 Å². The lowest BCUT2D eigenvalue weighted by atomic mass is 10.1. The first-order valence-electron chi connectivity index (χ1n) is 11.6. The van der Waals surface area contributed by atoms with Gasteiger partial charge in [-0.25, -0.2) is 0 Å². The second-order valence-corrected chi connectivity index (χ2v) is 9.28. The van der Waals surface area contributed by atoms with Gasteiger partial charge in [-0.2, -0.15) is 18.4 Å². The minimum absolute atomic E-state index is 0.103. The maximum Gasteiger partial charge on any atom is 0.416 e. The Bertz CT molecular complexity index is 1450. The van der Waals surface area contributed by atoms with Crippen molar-refractivity contribution in [2.75, 3.05) is 23.8 Å². The highest BCUT2D eigenvalue weighted by Gasteiger charge is 2.30. The van der Waals surface area contributed by atoms with Gasteiger partial charge in [-0.1, -0.05) is 24.3 Å². The number of carbonyl (C=O) groups excluding carboxylic acids is 2. The normalized spacial score (nSPS) is 11.4. The lowest BCUT2D eigenvalue weighted by Crippen LogP contribution is -2.21. The summed E-state index contributed by atoms with van der Waals surface area (Å²) in [6, 6.07) is 16.3. The highest BCUT2D eigenvalue weighted by Crippen LogP contribution is 2.35. The van der Waals surface area contributed by atoms with Crippen molar-refractivity contribution in [3.63, 3.8) is 0 Å². The predicted octanol–water partition coefficient (Wildman–Crippen LogP) is 6.58. The van der Waals surface area contributed by atoms with Crippen LogP contribution in [0.25, 0.3) is 6.08 Å². The number of rotatable bonds is 9. The van der Waals surface area contributed by atoms with Crippen LogP contribution in [0.2, 0.25) is 0 Å². The monoisotopic (exact) mass is 649 g/mol. The van der Waals surface area contributed by atoms with Crippen LogP contribution in [-0.4, -0.2) is 25.0 Å². The van der Waals surface area contributed by atoms with Gasteiger partial charge < -0.3 is 20.1 Å². The number of nitriles is 1. The van der Waals surface area contributed by atoms with E-state index >= 15 is 0 Å². The van der Waals surface area contributed by atoms with E-state index in [2.05, 4.69) is 10.6 Å². The second kappa shape index (κ2) is 13.1. The van der Waals surface area contributed by atoms with Gasteiger partial charge in [0.1, 0.15) is 11.6 Å². The fourth-order valence-electron chi connectivity index (χ4n) is 3.40. The Balaban J connectivity index is 1.79. The zero-order chi connectivity index (χ0) is 28.6. The molecule has 0 saturated carbocycles. The van der Waals surface area contributed by atoms with Gasteiger partial charge in [0.2, 0.25) is 0 Å². The van der Waals surface area contributed by atoms with Crippen LogP contribution in [0.3, 0.4) is 0 Å². The molecule has 2 amide bonds. The number of para-hydroxylation sites is 1. The van der Waals surface area contributed by atoms with E-state index in [4.69, 9.17) is 9.47 Å². The number of aryl methyl sites for hydroxylation is 1. The van der Waals surface area contributed by atoms with E-state index in [1.54, 1.807) is 31.2 Å². The number of nitrogens with one attached hydrogen (secondary N) is 2. The first kappa shape index (κ1) is 29.5. The molecule has 0 unspecified atom stereocenters. The molecule has 7 nitrogen and oxygen atoms in total. The van der Waals surface area contributed by atoms with E-state index in [0.29, 0.717) is 20.6 Å². The Kier molecular flexibility index (Phi) is 9.95. The average Bonchev–Trinajstić information content (AvgIpc) is 2.88. The summed E-state index contributed by atoms with van der Waals surface area (Å²) < 4.78 is 50.9. The number of halogens is 4. The molecule has 0 fully saturated rings. The summed E-state index contributed by atoms with van der Waals surface area (Å²) in [5.41, 5.74) is 0.609. The van der Waals surface area contributed by atoms with Gasteiger partial charge in [-0.05, 0) is 90.0 Å². The first-order valence-corrected chi connectivity index (χ1v) is 12.6. The molecule has 0 spiro atoms. The number of hydrogen-bond acceptors (Lipinski definition) is 5. The van der Waals surface area contributed by atoms with Crippen molar-refractivity contribution in [3.8, 4) is 17.6 Å². The number of ether oxygens (including phenoxy) is 2. The molecule has 2 N–H and O–H groups in total. The number of alkyl halides is 3. The van der Waals surface area contributed by atoms with Gasteiger partial charge in [0.15, 0.2) is 18.1 Å². The predicted molar refractivity (Wildman–Crippen MR) is 149 cm³/mol. The van der Waals surface area contributed by atoms with Crippen molar-refractivity contribution >= 4 is 51.9 Å². The van der Waals surface area contributed by atoms with Gasteiger partial charge in [0.25, 0.3) is 11.8 Å². The summed E-state index contributed by atoms with van der Waals surface area (Å²) >= 11 is 1.98. The third-order valence-electron chi connectivity index (χ3n) is 5.22. The molecular weight excluding hydrogens is 626 g/mol. The van der Waals surface area contributed by atoms with Crippen LogP contribution < -0.4 is 20.1 Å². The van der Waals surface area contributed by atoms with Gasteiger partial charge in [-0.15, -0.1) is 0 Å². The lowest BCUT2D eigenvalue weighted by Gasteiger charge is -2.15. The molecule has 0 saturated heterocycles. The zero-order valence-electron chi connectivity index (χ0n) is 20.9. The molecule has 0 heterocycles. The third-order valence-corrected chi connectivity index (χ3v) is 6.02. The largest absolute Gasteiger partial charge is 0.490 e. The summed E-state index contributed by atoms with van der Waals surface area (Å²) in [7, 11) is 0. The quantitative estimate of drug-likeness (QED) is 0.155. The Morgan fingerprint density at radius 2 is 1.79 bits per heavy atom. The molecule has 0 bridgehead atoms. The maximum atomic E-state index is 13.0. The molecule has 0 aliphatic rings. The van der Waals surface area contributed by atoms with E-state index in [9.17, 15) is 28.0 Å². The zero-order valence-corrected chi connectivity index (χ0v) is 23.0. The number of carbonyl (C=O) groups is 2. The van der Waals surface area contributed by atoms with Gasteiger partial charge >= 0.3 is 6.18 Å². The number of anilines is 2. The van der Waals surface area contributed by atoms with Crippen LogP contribution in [0.5, 0.6) is 11.5 Å². The van der Waals surface area contributed by atoms with Crippen LogP contribution in [0, 0.1) is 21.8 Å². The Morgan fingerprint density at radius 1 is 1.05 bits per heavy atom. The summed E-state index contributed by atoms with van der Waals surface area (Å²) in [4.78, 5) is 25.1. The summed E-state index contributed by atoms with van der Waals surface area (Å²) in [5, 5.41) is 14.6. The maximum absolute atomic E-state index is 13.0. The average molecular weight is 649 g/mol. The molecule has 0 atom stereocenters. The molecule has 3 aromatic carbocycles. The van der Waals surface area contributed by atoms with Gasteiger partial charge in [-0.3, -0.25) is 9.59 Å². The number of amides is 2. The first-order chi connectivity index (χ1) is 18.5. The molecule has 0 aliphatic carbocycles. The van der Waals surface area contributed by atoms with Crippen molar-refractivity contribution in [1.82, 2.24) is 0 Å². The summed E-state index contributed by atoms with van der Waals surface area (Å²) in [5.74, 6) is -0.654. The van der Waals surface area contributed by atoms with E-state index < -0.39 is 17.6 Å². The third kappa shape index (κ3) is 8.22. The molecule has 3 rings (SSSR count). The van der Waals surface area contributed by atoms with E-state index in [1.165, 1.54) is 18.2 Å². The summed E-state index contributed by atoms with van der Waals surface area (Å²) in [6.45, 7) is 3.61.